The van der Waals surface area contributed by atoms with Crippen LogP contribution in [0.25, 0.3) is 6.08 Å². The number of hydrogen-bond donors (Lipinski definition) is 0. The van der Waals surface area contributed by atoms with Crippen LogP contribution in [0.1, 0.15) is 24.8 Å². The Morgan fingerprint density at radius 1 is 0.893 bits per heavy atom. The van der Waals surface area contributed by atoms with Crippen molar-refractivity contribution in [3.63, 3.8) is 0 Å². The first-order chi connectivity index (χ1) is 13.5. The van der Waals surface area contributed by atoms with Gasteiger partial charge < -0.3 is 14.2 Å². The van der Waals surface area contributed by atoms with Crippen molar-refractivity contribution in [3.8, 4) is 17.2 Å². The first kappa shape index (κ1) is 20.6. The Kier molecular flexibility index (Phi) is 7.71. The molecule has 0 amide bonds. The third-order valence-electron chi connectivity index (χ3n) is 3.55. The van der Waals surface area contributed by atoms with Crippen LogP contribution >= 0.6 is 0 Å². The summed E-state index contributed by atoms with van der Waals surface area (Å²) in [5, 5.41) is 10.3. The van der Waals surface area contributed by atoms with Gasteiger partial charge in [-0.25, -0.2) is 0 Å². The maximum atomic E-state index is 11.8. The third-order valence-corrected chi connectivity index (χ3v) is 3.55. The van der Waals surface area contributed by atoms with E-state index in [1.54, 1.807) is 43.5 Å². The van der Waals surface area contributed by atoms with Crippen molar-refractivity contribution in [1.29, 1.82) is 0 Å². The molecule has 8 heteroatoms. The highest BCUT2D eigenvalue weighted by molar-refractivity contribution is 5.75. The highest BCUT2D eigenvalue weighted by atomic mass is 16.6. The molecule has 2 aromatic carbocycles. The number of ether oxygens (including phenoxy) is 3. The summed E-state index contributed by atoms with van der Waals surface area (Å²) in [6.07, 6.45) is 2.58. The molecule has 0 aliphatic heterocycles. The van der Waals surface area contributed by atoms with Crippen molar-refractivity contribution in [2.24, 2.45) is 0 Å². The second-order valence-corrected chi connectivity index (χ2v) is 5.65. The van der Waals surface area contributed by atoms with Crippen molar-refractivity contribution < 1.29 is 28.7 Å². The molecule has 0 spiro atoms. The van der Waals surface area contributed by atoms with Gasteiger partial charge in [0.1, 0.15) is 17.2 Å². The molecule has 2 aromatic rings. The second kappa shape index (κ2) is 10.5. The molecule has 0 heterocycles. The Balaban J connectivity index is 1.71. The minimum absolute atomic E-state index is 0.0562. The largest absolute Gasteiger partial charge is 0.497 e. The Bertz CT molecular complexity index is 842. The molecule has 8 nitrogen and oxygen atoms in total. The second-order valence-electron chi connectivity index (χ2n) is 5.65. The van der Waals surface area contributed by atoms with Gasteiger partial charge >= 0.3 is 11.9 Å². The number of carbonyl (C=O) groups excluding carboxylic acids is 2. The summed E-state index contributed by atoms with van der Waals surface area (Å²) in [7, 11) is 1.54. The van der Waals surface area contributed by atoms with Crippen molar-refractivity contribution in [2.75, 3.05) is 7.11 Å². The van der Waals surface area contributed by atoms with Crippen molar-refractivity contribution in [1.82, 2.24) is 0 Å². The lowest BCUT2D eigenvalue weighted by Crippen LogP contribution is -2.11. The van der Waals surface area contributed by atoms with Gasteiger partial charge in [-0.05, 0) is 48.4 Å². The summed E-state index contributed by atoms with van der Waals surface area (Å²) in [6.45, 7) is 0. The Morgan fingerprint density at radius 2 is 1.36 bits per heavy atom. The van der Waals surface area contributed by atoms with Crippen LogP contribution in [0.3, 0.4) is 0 Å². The van der Waals surface area contributed by atoms with E-state index in [0.717, 1.165) is 6.20 Å². The summed E-state index contributed by atoms with van der Waals surface area (Å²) in [4.78, 5) is 33.3. The predicted molar refractivity (Wildman–Crippen MR) is 101 cm³/mol. The van der Waals surface area contributed by atoms with Gasteiger partial charge in [0.05, 0.1) is 12.0 Å². The van der Waals surface area contributed by atoms with Crippen molar-refractivity contribution >= 4 is 18.0 Å². The molecule has 0 radical (unpaired) electrons. The minimum atomic E-state index is -0.562. The fourth-order valence-corrected chi connectivity index (χ4v) is 2.18. The van der Waals surface area contributed by atoms with E-state index in [1.807, 2.05) is 0 Å². The number of benzene rings is 2. The highest BCUT2D eigenvalue weighted by Gasteiger charge is 2.09. The number of nitro groups is 1. The zero-order valence-electron chi connectivity index (χ0n) is 15.2. The molecule has 0 aromatic heterocycles. The SMILES string of the molecule is COc1ccc(OC(=O)CCCC(=O)Oc2ccc(/C=C/[N+](=O)[O-])cc2)cc1. The van der Waals surface area contributed by atoms with Crippen LogP contribution < -0.4 is 14.2 Å². The molecular formula is C20H19NO7. The molecule has 28 heavy (non-hydrogen) atoms. The number of nitrogens with zero attached hydrogens (tertiary/aromatic N) is 1. The molecule has 0 N–H and O–H groups in total. The van der Waals surface area contributed by atoms with E-state index in [-0.39, 0.29) is 19.3 Å². The number of rotatable bonds is 9. The molecule has 0 saturated heterocycles. The highest BCUT2D eigenvalue weighted by Crippen LogP contribution is 2.18. The van der Waals surface area contributed by atoms with E-state index in [1.165, 1.54) is 18.2 Å². The number of carbonyl (C=O) groups is 2. The van der Waals surface area contributed by atoms with Crippen LogP contribution in [0.5, 0.6) is 17.2 Å². The summed E-state index contributed by atoms with van der Waals surface area (Å²) >= 11 is 0. The third kappa shape index (κ3) is 7.28. The molecule has 0 unspecified atom stereocenters. The van der Waals surface area contributed by atoms with E-state index in [9.17, 15) is 19.7 Å². The number of hydrogen-bond acceptors (Lipinski definition) is 7. The lowest BCUT2D eigenvalue weighted by molar-refractivity contribution is -0.400. The smallest absolute Gasteiger partial charge is 0.311 e. The molecule has 0 aliphatic carbocycles. The monoisotopic (exact) mass is 385 g/mol. The average Bonchev–Trinajstić information content (AvgIpc) is 2.68. The maximum Gasteiger partial charge on any atom is 0.311 e. The Hall–Kier alpha value is -3.68. The van der Waals surface area contributed by atoms with Gasteiger partial charge in [0.2, 0.25) is 6.20 Å². The van der Waals surface area contributed by atoms with E-state index >= 15 is 0 Å². The van der Waals surface area contributed by atoms with Crippen molar-refractivity contribution in [3.05, 3.63) is 70.4 Å². The lowest BCUT2D eigenvalue weighted by Gasteiger charge is -2.06. The molecule has 0 fully saturated rings. The summed E-state index contributed by atoms with van der Waals surface area (Å²) in [5.41, 5.74) is 0.609. The quantitative estimate of drug-likeness (QED) is 0.281. The molecule has 146 valence electrons. The van der Waals surface area contributed by atoms with Gasteiger partial charge in [0.25, 0.3) is 0 Å². The molecule has 2 rings (SSSR count). The predicted octanol–water partition coefficient (Wildman–Crippen LogP) is 3.62. The molecule has 0 aliphatic rings. The molecule has 0 saturated carbocycles. The fourth-order valence-electron chi connectivity index (χ4n) is 2.18. The average molecular weight is 385 g/mol. The van der Waals surface area contributed by atoms with Crippen LogP contribution in [-0.4, -0.2) is 24.0 Å². The number of methoxy groups -OCH3 is 1. The molecule has 0 atom stereocenters. The maximum absolute atomic E-state index is 11.8. The minimum Gasteiger partial charge on any atom is -0.497 e. The van der Waals surface area contributed by atoms with E-state index in [4.69, 9.17) is 14.2 Å². The Morgan fingerprint density at radius 3 is 1.82 bits per heavy atom. The van der Waals surface area contributed by atoms with Gasteiger partial charge in [0, 0.05) is 18.9 Å². The van der Waals surface area contributed by atoms with Gasteiger partial charge in [-0.15, -0.1) is 0 Å². The first-order valence-corrected chi connectivity index (χ1v) is 8.43. The van der Waals surface area contributed by atoms with Crippen LogP contribution in [0.4, 0.5) is 0 Å². The zero-order chi connectivity index (χ0) is 20.4. The van der Waals surface area contributed by atoms with Crippen LogP contribution in [0, 0.1) is 10.1 Å². The van der Waals surface area contributed by atoms with Gasteiger partial charge in [-0.3, -0.25) is 19.7 Å². The van der Waals surface area contributed by atoms with E-state index < -0.39 is 16.9 Å². The summed E-state index contributed by atoms with van der Waals surface area (Å²) in [5.74, 6) is 0.457. The van der Waals surface area contributed by atoms with E-state index in [2.05, 4.69) is 0 Å². The molecule has 0 bridgehead atoms. The Labute approximate surface area is 161 Å². The van der Waals surface area contributed by atoms with Gasteiger partial charge in [0.15, 0.2) is 0 Å². The standard InChI is InChI=1S/C20H19NO7/c1-26-16-9-11-18(12-10-16)28-20(23)4-2-3-19(22)27-17-7-5-15(6-8-17)13-14-21(24)25/h5-14H,2-4H2,1H3/b14-13+. The van der Waals surface area contributed by atoms with Gasteiger partial charge in [-0.2, -0.15) is 0 Å². The van der Waals surface area contributed by atoms with Crippen LogP contribution in [0.2, 0.25) is 0 Å². The van der Waals surface area contributed by atoms with Crippen molar-refractivity contribution in [2.45, 2.75) is 19.3 Å². The summed E-state index contributed by atoms with van der Waals surface area (Å²) in [6, 6.07) is 12.9. The number of esters is 2. The summed E-state index contributed by atoms with van der Waals surface area (Å²) < 4.78 is 15.3. The normalized spacial score (nSPS) is 10.5. The van der Waals surface area contributed by atoms with Gasteiger partial charge in [-0.1, -0.05) is 12.1 Å². The molecular weight excluding hydrogens is 366 g/mol. The first-order valence-electron chi connectivity index (χ1n) is 8.43. The van der Waals surface area contributed by atoms with Crippen LogP contribution in [0.15, 0.2) is 54.7 Å². The lowest BCUT2D eigenvalue weighted by atomic mass is 10.2. The topological polar surface area (TPSA) is 105 Å². The fraction of sp³-hybridized carbons (Fsp3) is 0.200. The zero-order valence-corrected chi connectivity index (χ0v) is 15.2. The van der Waals surface area contributed by atoms with E-state index in [0.29, 0.717) is 22.8 Å². The van der Waals surface area contributed by atoms with Crippen LogP contribution in [-0.2, 0) is 9.59 Å².